The summed E-state index contributed by atoms with van der Waals surface area (Å²) in [6.45, 7) is 2.11. The summed E-state index contributed by atoms with van der Waals surface area (Å²) in [5.41, 5.74) is 3.79. The molecule has 3 aromatic rings. The van der Waals surface area contributed by atoms with Crippen molar-refractivity contribution in [3.63, 3.8) is 0 Å². The lowest BCUT2D eigenvalue weighted by molar-refractivity contribution is 0.431. The molecule has 4 nitrogen and oxygen atoms in total. The topological polar surface area (TPSA) is 42.7 Å². The van der Waals surface area contributed by atoms with E-state index in [4.69, 9.17) is 0 Å². The molecule has 2 aromatic carbocycles. The van der Waals surface area contributed by atoms with Crippen molar-refractivity contribution >= 4 is 21.9 Å². The number of hydrogen-bond acceptors (Lipinski definition) is 3. The van der Waals surface area contributed by atoms with E-state index in [-0.39, 0.29) is 12.1 Å². The van der Waals surface area contributed by atoms with E-state index in [1.54, 1.807) is 6.33 Å². The number of hydrogen-bond donors (Lipinski definition) is 1. The lowest BCUT2D eigenvalue weighted by atomic mass is 9.93. The highest BCUT2D eigenvalue weighted by Crippen LogP contribution is 2.37. The van der Waals surface area contributed by atoms with Gasteiger partial charge in [0.1, 0.15) is 6.33 Å². The molecule has 0 saturated heterocycles. The van der Waals surface area contributed by atoms with Gasteiger partial charge in [0.15, 0.2) is 0 Å². The molecule has 0 saturated carbocycles. The van der Waals surface area contributed by atoms with Crippen LogP contribution in [0.4, 0.5) is 5.95 Å². The minimum atomic E-state index is 0.193. The largest absolute Gasteiger partial charge is 0.348 e. The van der Waals surface area contributed by atoms with Crippen molar-refractivity contribution in [2.75, 3.05) is 5.32 Å². The van der Waals surface area contributed by atoms with Gasteiger partial charge in [-0.1, -0.05) is 57.9 Å². The van der Waals surface area contributed by atoms with Gasteiger partial charge in [-0.2, -0.15) is 10.1 Å². The zero-order valence-corrected chi connectivity index (χ0v) is 14.4. The van der Waals surface area contributed by atoms with E-state index in [1.165, 1.54) is 16.7 Å². The van der Waals surface area contributed by atoms with Gasteiger partial charge in [0.2, 0.25) is 5.95 Å². The molecule has 1 aliphatic rings. The van der Waals surface area contributed by atoms with Crippen molar-refractivity contribution in [3.8, 4) is 0 Å². The Morgan fingerprint density at radius 1 is 1.13 bits per heavy atom. The van der Waals surface area contributed by atoms with Gasteiger partial charge in [-0.3, -0.25) is 0 Å². The van der Waals surface area contributed by atoms with Gasteiger partial charge in [0.25, 0.3) is 0 Å². The van der Waals surface area contributed by atoms with Crippen LogP contribution in [0.5, 0.6) is 0 Å². The molecule has 2 unspecified atom stereocenters. The highest BCUT2D eigenvalue weighted by atomic mass is 79.9. The smallest absolute Gasteiger partial charge is 0.222 e. The Labute approximate surface area is 143 Å². The molecule has 2 atom stereocenters. The average molecular weight is 369 g/mol. The van der Waals surface area contributed by atoms with E-state index in [0.717, 1.165) is 16.8 Å². The number of anilines is 1. The average Bonchev–Trinajstić information content (AvgIpc) is 3.03. The molecule has 4 rings (SSSR count). The Morgan fingerprint density at radius 2 is 1.96 bits per heavy atom. The fourth-order valence-electron chi connectivity index (χ4n) is 3.13. The van der Waals surface area contributed by atoms with Crippen LogP contribution in [0.3, 0.4) is 0 Å². The number of benzene rings is 2. The van der Waals surface area contributed by atoms with E-state index in [2.05, 4.69) is 80.7 Å². The molecule has 0 spiro atoms. The fraction of sp³-hybridized carbons (Fsp3) is 0.222. The lowest BCUT2D eigenvalue weighted by Gasteiger charge is -2.32. The van der Waals surface area contributed by atoms with E-state index in [0.29, 0.717) is 0 Å². The van der Waals surface area contributed by atoms with Gasteiger partial charge in [0, 0.05) is 4.47 Å². The summed E-state index contributed by atoms with van der Waals surface area (Å²) < 4.78 is 3.08. The van der Waals surface area contributed by atoms with Crippen LogP contribution in [0, 0.1) is 6.92 Å². The zero-order chi connectivity index (χ0) is 15.8. The molecule has 5 heteroatoms. The first kappa shape index (κ1) is 14.5. The number of fused-ring (bicyclic) bond motifs is 1. The monoisotopic (exact) mass is 368 g/mol. The Morgan fingerprint density at radius 3 is 2.74 bits per heavy atom. The van der Waals surface area contributed by atoms with Crippen LogP contribution >= 0.6 is 15.9 Å². The highest BCUT2D eigenvalue weighted by molar-refractivity contribution is 9.10. The molecular weight excluding hydrogens is 352 g/mol. The summed E-state index contributed by atoms with van der Waals surface area (Å²) in [7, 11) is 0. The van der Waals surface area contributed by atoms with Gasteiger partial charge in [-0.25, -0.2) is 4.68 Å². The maximum Gasteiger partial charge on any atom is 0.222 e. The summed E-state index contributed by atoms with van der Waals surface area (Å²) in [5, 5.41) is 7.92. The van der Waals surface area contributed by atoms with Crippen molar-refractivity contribution in [1.82, 2.24) is 14.8 Å². The molecule has 0 amide bonds. The maximum atomic E-state index is 4.42. The number of nitrogens with one attached hydrogen (secondary N) is 1. The Hall–Kier alpha value is -2.14. The molecular formula is C18H17BrN4. The van der Waals surface area contributed by atoms with Crippen LogP contribution in [-0.4, -0.2) is 14.8 Å². The minimum absolute atomic E-state index is 0.193. The van der Waals surface area contributed by atoms with Crippen molar-refractivity contribution in [3.05, 3.63) is 76.0 Å². The Balaban J connectivity index is 1.73. The van der Waals surface area contributed by atoms with Crippen LogP contribution in [0.1, 0.15) is 35.2 Å². The molecule has 2 heterocycles. The van der Waals surface area contributed by atoms with Crippen LogP contribution in [0.2, 0.25) is 0 Å². The van der Waals surface area contributed by atoms with Crippen LogP contribution < -0.4 is 5.32 Å². The maximum absolute atomic E-state index is 4.42. The molecule has 0 fully saturated rings. The predicted octanol–water partition coefficient (Wildman–Crippen LogP) is 4.50. The quantitative estimate of drug-likeness (QED) is 0.724. The molecule has 0 aliphatic carbocycles. The summed E-state index contributed by atoms with van der Waals surface area (Å²) >= 11 is 3.56. The standard InChI is InChI=1S/C18H17BrN4/c1-12-5-7-13(8-6-12)17-10-16(14-3-2-4-15(19)9-14)22-18-20-11-21-23(17)18/h2-9,11,16-17H,10H2,1H3,(H,20,21,22). The van der Waals surface area contributed by atoms with Crippen LogP contribution in [0.15, 0.2) is 59.3 Å². The first-order valence-electron chi connectivity index (χ1n) is 7.69. The number of aryl methyl sites for hydroxylation is 1. The molecule has 116 valence electrons. The van der Waals surface area contributed by atoms with Crippen molar-refractivity contribution < 1.29 is 0 Å². The second-order valence-corrected chi connectivity index (χ2v) is 6.86. The molecule has 1 N–H and O–H groups in total. The summed E-state index contributed by atoms with van der Waals surface area (Å²) in [5.74, 6) is 0.826. The van der Waals surface area contributed by atoms with Gasteiger partial charge in [-0.05, 0) is 36.6 Å². The third kappa shape index (κ3) is 2.77. The molecule has 0 radical (unpaired) electrons. The SMILES string of the molecule is Cc1ccc(C2CC(c3cccc(Br)c3)Nc3ncnn32)cc1. The fourth-order valence-corrected chi connectivity index (χ4v) is 3.54. The third-order valence-corrected chi connectivity index (χ3v) is 4.84. The normalized spacial score (nSPS) is 19.9. The first-order chi connectivity index (χ1) is 11.2. The van der Waals surface area contributed by atoms with Crippen LogP contribution in [-0.2, 0) is 0 Å². The predicted molar refractivity (Wildman–Crippen MR) is 94.5 cm³/mol. The van der Waals surface area contributed by atoms with Crippen molar-refractivity contribution in [2.45, 2.75) is 25.4 Å². The summed E-state index contributed by atoms with van der Waals surface area (Å²) in [4.78, 5) is 4.38. The molecule has 0 bridgehead atoms. The number of nitrogens with zero attached hydrogens (tertiary/aromatic N) is 3. The second kappa shape index (κ2) is 5.81. The Kier molecular flexibility index (Phi) is 3.65. The van der Waals surface area contributed by atoms with E-state index < -0.39 is 0 Å². The number of rotatable bonds is 2. The lowest BCUT2D eigenvalue weighted by Crippen LogP contribution is -2.28. The van der Waals surface area contributed by atoms with E-state index in [9.17, 15) is 0 Å². The summed E-state index contributed by atoms with van der Waals surface area (Å²) in [6, 6.07) is 17.5. The molecule has 23 heavy (non-hydrogen) atoms. The first-order valence-corrected chi connectivity index (χ1v) is 8.48. The Bertz CT molecular complexity index is 825. The number of aromatic nitrogens is 3. The van der Waals surface area contributed by atoms with Crippen molar-refractivity contribution in [2.24, 2.45) is 0 Å². The van der Waals surface area contributed by atoms with Gasteiger partial charge >= 0.3 is 0 Å². The number of halogens is 1. The van der Waals surface area contributed by atoms with Crippen molar-refractivity contribution in [1.29, 1.82) is 0 Å². The molecule has 1 aromatic heterocycles. The minimum Gasteiger partial charge on any atom is -0.348 e. The zero-order valence-electron chi connectivity index (χ0n) is 12.8. The summed E-state index contributed by atoms with van der Waals surface area (Å²) in [6.07, 6.45) is 2.56. The third-order valence-electron chi connectivity index (χ3n) is 4.34. The van der Waals surface area contributed by atoms with Gasteiger partial charge < -0.3 is 5.32 Å². The molecule has 1 aliphatic heterocycles. The second-order valence-electron chi connectivity index (χ2n) is 5.94. The van der Waals surface area contributed by atoms with Gasteiger partial charge in [0.05, 0.1) is 12.1 Å². The van der Waals surface area contributed by atoms with E-state index in [1.807, 2.05) is 10.7 Å². The van der Waals surface area contributed by atoms with E-state index >= 15 is 0 Å². The van der Waals surface area contributed by atoms with Crippen LogP contribution in [0.25, 0.3) is 0 Å². The van der Waals surface area contributed by atoms with Gasteiger partial charge in [-0.15, -0.1) is 0 Å². The highest BCUT2D eigenvalue weighted by Gasteiger charge is 2.29.